The number of hydrogen-bond donors (Lipinski definition) is 0. The van der Waals surface area contributed by atoms with Crippen LogP contribution in [0.4, 0.5) is 0 Å². The molecule has 1 atom stereocenters. The van der Waals surface area contributed by atoms with E-state index in [1.54, 1.807) is 17.1 Å². The minimum atomic E-state index is -0.104. The molecule has 3 rings (SSSR count). The first-order valence-electron chi connectivity index (χ1n) is 6.68. The van der Waals surface area contributed by atoms with Crippen molar-refractivity contribution in [3.05, 3.63) is 42.4 Å². The van der Waals surface area contributed by atoms with Crippen LogP contribution in [0.2, 0.25) is 0 Å². The van der Waals surface area contributed by atoms with Crippen LogP contribution < -0.4 is 0 Å². The van der Waals surface area contributed by atoms with Crippen LogP contribution >= 0.6 is 0 Å². The second-order valence-corrected chi connectivity index (χ2v) is 5.83. The van der Waals surface area contributed by atoms with E-state index in [2.05, 4.69) is 23.9 Å². The molecule has 0 N–H and O–H groups in total. The number of esters is 1. The Morgan fingerprint density at radius 1 is 1.50 bits per heavy atom. The highest BCUT2D eigenvalue weighted by molar-refractivity contribution is 5.76. The summed E-state index contributed by atoms with van der Waals surface area (Å²) in [6.45, 7) is 4.45. The molecule has 1 fully saturated rings. The highest BCUT2D eigenvalue weighted by atomic mass is 16.5. The number of aromatic nitrogens is 3. The van der Waals surface area contributed by atoms with Crippen LogP contribution in [0.1, 0.15) is 25.8 Å². The average molecular weight is 271 g/mol. The van der Waals surface area contributed by atoms with Crippen LogP contribution in [-0.2, 0) is 16.1 Å². The third kappa shape index (κ3) is 2.57. The SMILES string of the molecule is CC1(C)C[C@@H]1C(=O)OCc1ccnc(-n2cccn2)c1. The van der Waals surface area contributed by atoms with Crippen molar-refractivity contribution in [1.29, 1.82) is 0 Å². The van der Waals surface area contributed by atoms with E-state index in [1.807, 2.05) is 24.4 Å². The summed E-state index contributed by atoms with van der Waals surface area (Å²) in [6, 6.07) is 5.56. The predicted molar refractivity (Wildman–Crippen MR) is 73.0 cm³/mol. The number of carbonyl (C=O) groups is 1. The molecule has 0 aliphatic heterocycles. The summed E-state index contributed by atoms with van der Waals surface area (Å²) < 4.78 is 7.04. The van der Waals surface area contributed by atoms with E-state index >= 15 is 0 Å². The second-order valence-electron chi connectivity index (χ2n) is 5.83. The maximum absolute atomic E-state index is 11.9. The number of hydrogen-bond acceptors (Lipinski definition) is 4. The number of ether oxygens (including phenoxy) is 1. The molecule has 104 valence electrons. The van der Waals surface area contributed by atoms with Crippen molar-refractivity contribution in [1.82, 2.24) is 14.8 Å². The van der Waals surface area contributed by atoms with E-state index in [0.717, 1.165) is 17.8 Å². The van der Waals surface area contributed by atoms with E-state index in [1.165, 1.54) is 0 Å². The Morgan fingerprint density at radius 3 is 2.95 bits per heavy atom. The molecule has 1 aliphatic carbocycles. The molecule has 0 radical (unpaired) electrons. The van der Waals surface area contributed by atoms with Crippen LogP contribution in [0.5, 0.6) is 0 Å². The van der Waals surface area contributed by atoms with Crippen LogP contribution in [0.15, 0.2) is 36.8 Å². The second kappa shape index (κ2) is 4.74. The lowest BCUT2D eigenvalue weighted by atomic mass is 10.1. The zero-order valence-corrected chi connectivity index (χ0v) is 11.6. The molecule has 0 spiro atoms. The maximum Gasteiger partial charge on any atom is 0.309 e. The van der Waals surface area contributed by atoms with Crippen LogP contribution in [0.3, 0.4) is 0 Å². The Hall–Kier alpha value is -2.17. The fraction of sp³-hybridized carbons (Fsp3) is 0.400. The van der Waals surface area contributed by atoms with Gasteiger partial charge in [-0.15, -0.1) is 0 Å². The van der Waals surface area contributed by atoms with Gasteiger partial charge in [-0.3, -0.25) is 4.79 Å². The molecule has 0 amide bonds. The lowest BCUT2D eigenvalue weighted by Gasteiger charge is -2.07. The molecule has 2 aromatic heterocycles. The first kappa shape index (κ1) is 12.8. The first-order chi connectivity index (χ1) is 9.56. The van der Waals surface area contributed by atoms with Crippen LogP contribution in [0, 0.1) is 11.3 Å². The third-order valence-electron chi connectivity index (χ3n) is 3.73. The lowest BCUT2D eigenvalue weighted by Crippen LogP contribution is -2.10. The Balaban J connectivity index is 1.64. The number of nitrogens with zero attached hydrogens (tertiary/aromatic N) is 3. The van der Waals surface area contributed by atoms with Crippen molar-refractivity contribution < 1.29 is 9.53 Å². The maximum atomic E-state index is 11.9. The van der Waals surface area contributed by atoms with Gasteiger partial charge >= 0.3 is 5.97 Å². The standard InChI is InChI=1S/C15H17N3O2/c1-15(2)9-12(15)14(19)20-10-11-4-6-16-13(8-11)18-7-3-5-17-18/h3-8,12H,9-10H2,1-2H3/t12-/m1/s1. The third-order valence-corrected chi connectivity index (χ3v) is 3.73. The van der Waals surface area contributed by atoms with E-state index in [0.29, 0.717) is 0 Å². The van der Waals surface area contributed by atoms with Gasteiger partial charge in [-0.2, -0.15) is 5.10 Å². The number of carbonyl (C=O) groups excluding carboxylic acids is 1. The Bertz CT molecular complexity index is 620. The van der Waals surface area contributed by atoms with E-state index < -0.39 is 0 Å². The van der Waals surface area contributed by atoms with Gasteiger partial charge in [0.15, 0.2) is 5.82 Å². The highest BCUT2D eigenvalue weighted by Crippen LogP contribution is 2.52. The van der Waals surface area contributed by atoms with Gasteiger partial charge in [-0.1, -0.05) is 13.8 Å². The number of pyridine rings is 1. The molecule has 0 unspecified atom stereocenters. The molecule has 1 aliphatic rings. The van der Waals surface area contributed by atoms with E-state index in [9.17, 15) is 4.79 Å². The fourth-order valence-corrected chi connectivity index (χ4v) is 2.20. The van der Waals surface area contributed by atoms with Crippen molar-refractivity contribution in [3.8, 4) is 5.82 Å². The summed E-state index contributed by atoms with van der Waals surface area (Å²) in [5, 5.41) is 4.13. The topological polar surface area (TPSA) is 57.0 Å². The Kier molecular flexibility index (Phi) is 3.04. The fourth-order valence-electron chi connectivity index (χ4n) is 2.20. The van der Waals surface area contributed by atoms with Crippen LogP contribution in [-0.4, -0.2) is 20.7 Å². The minimum absolute atomic E-state index is 0.0509. The minimum Gasteiger partial charge on any atom is -0.461 e. The van der Waals surface area contributed by atoms with Gasteiger partial charge in [0.2, 0.25) is 0 Å². The molecule has 2 heterocycles. The molecule has 0 bridgehead atoms. The quantitative estimate of drug-likeness (QED) is 0.801. The van der Waals surface area contributed by atoms with Gasteiger partial charge in [-0.05, 0) is 35.6 Å². The van der Waals surface area contributed by atoms with Crippen molar-refractivity contribution >= 4 is 5.97 Å². The van der Waals surface area contributed by atoms with Gasteiger partial charge < -0.3 is 4.74 Å². The summed E-state index contributed by atoms with van der Waals surface area (Å²) in [5.41, 5.74) is 1.02. The zero-order valence-electron chi connectivity index (χ0n) is 11.6. The highest BCUT2D eigenvalue weighted by Gasteiger charge is 2.51. The van der Waals surface area contributed by atoms with Crippen molar-refractivity contribution in [3.63, 3.8) is 0 Å². The van der Waals surface area contributed by atoms with Gasteiger partial charge in [0.1, 0.15) is 6.61 Å². The zero-order chi connectivity index (χ0) is 14.2. The van der Waals surface area contributed by atoms with E-state index in [-0.39, 0.29) is 23.9 Å². The molecule has 0 aromatic carbocycles. The van der Waals surface area contributed by atoms with Crippen molar-refractivity contribution in [2.45, 2.75) is 26.9 Å². The Labute approximate surface area is 117 Å². The Morgan fingerprint density at radius 2 is 2.30 bits per heavy atom. The summed E-state index contributed by atoms with van der Waals surface area (Å²) in [7, 11) is 0. The molecule has 20 heavy (non-hydrogen) atoms. The monoisotopic (exact) mass is 271 g/mol. The van der Waals surface area contributed by atoms with Crippen molar-refractivity contribution in [2.75, 3.05) is 0 Å². The van der Waals surface area contributed by atoms with E-state index in [4.69, 9.17) is 4.74 Å². The lowest BCUT2D eigenvalue weighted by molar-refractivity contribution is -0.147. The van der Waals surface area contributed by atoms with Gasteiger partial charge in [0.25, 0.3) is 0 Å². The smallest absolute Gasteiger partial charge is 0.309 e. The molecule has 0 saturated heterocycles. The van der Waals surface area contributed by atoms with Crippen LogP contribution in [0.25, 0.3) is 5.82 Å². The van der Waals surface area contributed by atoms with Gasteiger partial charge in [-0.25, -0.2) is 9.67 Å². The first-order valence-corrected chi connectivity index (χ1v) is 6.68. The molecule has 5 heteroatoms. The average Bonchev–Trinajstić information content (AvgIpc) is 2.87. The normalized spacial score (nSPS) is 19.6. The number of rotatable bonds is 4. The largest absolute Gasteiger partial charge is 0.461 e. The molecule has 2 aromatic rings. The summed E-state index contributed by atoms with van der Waals surface area (Å²) >= 11 is 0. The van der Waals surface area contributed by atoms with Gasteiger partial charge in [0.05, 0.1) is 5.92 Å². The summed E-state index contributed by atoms with van der Waals surface area (Å²) in [5.74, 6) is 0.665. The molecule has 5 nitrogen and oxygen atoms in total. The predicted octanol–water partition coefficient (Wildman–Crippen LogP) is 2.36. The molecular weight excluding hydrogens is 254 g/mol. The molecular formula is C15H17N3O2. The molecule has 1 saturated carbocycles. The van der Waals surface area contributed by atoms with Crippen molar-refractivity contribution in [2.24, 2.45) is 11.3 Å². The van der Waals surface area contributed by atoms with Gasteiger partial charge in [0, 0.05) is 18.6 Å². The summed E-state index contributed by atoms with van der Waals surface area (Å²) in [4.78, 5) is 16.1. The summed E-state index contributed by atoms with van der Waals surface area (Å²) in [6.07, 6.45) is 6.14.